The van der Waals surface area contributed by atoms with Crippen molar-refractivity contribution in [2.24, 2.45) is 0 Å². The van der Waals surface area contributed by atoms with Crippen LogP contribution in [0.2, 0.25) is 0 Å². The van der Waals surface area contributed by atoms with Crippen molar-refractivity contribution in [3.8, 4) is 0 Å². The van der Waals surface area contributed by atoms with Gasteiger partial charge in [0, 0.05) is 11.8 Å². The van der Waals surface area contributed by atoms with E-state index in [0.717, 1.165) is 5.69 Å². The van der Waals surface area contributed by atoms with Gasteiger partial charge in [-0.3, -0.25) is 21.1 Å². The van der Waals surface area contributed by atoms with Crippen molar-refractivity contribution in [1.29, 1.82) is 5.41 Å². The van der Waals surface area contributed by atoms with Crippen LogP contribution in [0.15, 0.2) is 18.3 Å². The molecule has 5 nitrogen and oxygen atoms in total. The van der Waals surface area contributed by atoms with Crippen molar-refractivity contribution in [2.75, 3.05) is 0 Å². The van der Waals surface area contributed by atoms with Gasteiger partial charge in [-0.05, 0) is 26.0 Å². The molecule has 3 N–H and O–H groups in total. The highest BCUT2D eigenvalue weighted by Crippen LogP contribution is 2.04. The maximum Gasteiger partial charge on any atom is 0.149 e. The quantitative estimate of drug-likeness (QED) is 0.397. The molecule has 1 aromatic rings. The van der Waals surface area contributed by atoms with Gasteiger partial charge in [-0.1, -0.05) is 0 Å². The maximum atomic E-state index is 8.57. The van der Waals surface area contributed by atoms with Gasteiger partial charge >= 0.3 is 0 Å². The van der Waals surface area contributed by atoms with Gasteiger partial charge in [-0.15, -0.1) is 0 Å². The molecule has 0 saturated heterocycles. The normalized spacial score (nSPS) is 10.4. The summed E-state index contributed by atoms with van der Waals surface area (Å²) in [4.78, 5) is 4.10. The van der Waals surface area contributed by atoms with E-state index in [-0.39, 0.29) is 11.9 Å². The van der Waals surface area contributed by atoms with E-state index in [0.29, 0.717) is 12.2 Å². The Morgan fingerprint density at radius 2 is 2.40 bits per heavy atom. The lowest BCUT2D eigenvalue weighted by atomic mass is 10.2. The van der Waals surface area contributed by atoms with E-state index < -0.39 is 0 Å². The Bertz CT molecular complexity index is 339. The van der Waals surface area contributed by atoms with Crippen LogP contribution in [0.4, 0.5) is 0 Å². The third-order valence-corrected chi connectivity index (χ3v) is 1.78. The molecule has 0 aromatic carbocycles. The highest BCUT2D eigenvalue weighted by Gasteiger charge is 2.03. The minimum atomic E-state index is -0.0526. The lowest BCUT2D eigenvalue weighted by Gasteiger charge is -2.08. The molecule has 0 fully saturated rings. The summed E-state index contributed by atoms with van der Waals surface area (Å²) in [5, 5.41) is 15.9. The van der Waals surface area contributed by atoms with Crippen LogP contribution < -0.4 is 5.48 Å². The second-order valence-corrected chi connectivity index (χ2v) is 3.38. The fourth-order valence-electron chi connectivity index (χ4n) is 1.03. The second-order valence-electron chi connectivity index (χ2n) is 3.38. The number of pyridine rings is 1. The SMILES string of the molecule is CC(C)OCc1cc(C(=N)NO)ccn1. The van der Waals surface area contributed by atoms with Crippen LogP contribution in [-0.2, 0) is 11.3 Å². The fraction of sp³-hybridized carbons (Fsp3) is 0.400. The molecule has 5 heteroatoms. The van der Waals surface area contributed by atoms with Gasteiger partial charge in [0.15, 0.2) is 0 Å². The van der Waals surface area contributed by atoms with Crippen molar-refractivity contribution in [2.45, 2.75) is 26.6 Å². The van der Waals surface area contributed by atoms with Gasteiger partial charge in [0.1, 0.15) is 5.84 Å². The van der Waals surface area contributed by atoms with Crippen molar-refractivity contribution in [3.05, 3.63) is 29.6 Å². The second kappa shape index (κ2) is 5.43. The summed E-state index contributed by atoms with van der Waals surface area (Å²) in [5.41, 5.74) is 3.10. The molecular formula is C10H15N3O2. The standard InChI is InChI=1S/C10H15N3O2/c1-7(2)15-6-9-5-8(3-4-12-9)10(11)13-14/h3-5,7,14H,6H2,1-2H3,(H2,11,13). The Morgan fingerprint density at radius 3 is 3.00 bits per heavy atom. The first-order chi connectivity index (χ1) is 7.13. The summed E-state index contributed by atoms with van der Waals surface area (Å²) in [6.45, 7) is 4.30. The van der Waals surface area contributed by atoms with E-state index in [1.165, 1.54) is 0 Å². The average molecular weight is 209 g/mol. The lowest BCUT2D eigenvalue weighted by Crippen LogP contribution is -2.19. The first kappa shape index (κ1) is 11.6. The van der Waals surface area contributed by atoms with Gasteiger partial charge in [-0.2, -0.15) is 0 Å². The third-order valence-electron chi connectivity index (χ3n) is 1.78. The van der Waals surface area contributed by atoms with Gasteiger partial charge in [-0.25, -0.2) is 0 Å². The Morgan fingerprint density at radius 1 is 1.67 bits per heavy atom. The molecule has 0 spiro atoms. The first-order valence-corrected chi connectivity index (χ1v) is 4.69. The molecule has 0 unspecified atom stereocenters. The largest absolute Gasteiger partial charge is 0.373 e. The average Bonchev–Trinajstić information content (AvgIpc) is 2.25. The molecule has 82 valence electrons. The van der Waals surface area contributed by atoms with E-state index in [2.05, 4.69) is 4.98 Å². The topological polar surface area (TPSA) is 78.2 Å². The molecule has 0 aliphatic heterocycles. The van der Waals surface area contributed by atoms with E-state index >= 15 is 0 Å². The molecule has 1 aromatic heterocycles. The number of hydrogen-bond donors (Lipinski definition) is 3. The number of amidine groups is 1. The summed E-state index contributed by atoms with van der Waals surface area (Å²) in [5.74, 6) is -0.0526. The highest BCUT2D eigenvalue weighted by atomic mass is 16.5. The molecule has 1 rings (SSSR count). The number of hydrogen-bond acceptors (Lipinski definition) is 4. The van der Waals surface area contributed by atoms with Crippen molar-refractivity contribution in [1.82, 2.24) is 10.5 Å². The van der Waals surface area contributed by atoms with E-state index in [4.69, 9.17) is 15.4 Å². The van der Waals surface area contributed by atoms with Crippen LogP contribution in [0.1, 0.15) is 25.1 Å². The van der Waals surface area contributed by atoms with Gasteiger partial charge < -0.3 is 4.74 Å². The van der Waals surface area contributed by atoms with Gasteiger partial charge in [0.05, 0.1) is 18.4 Å². The molecule has 0 amide bonds. The zero-order valence-corrected chi connectivity index (χ0v) is 8.82. The first-order valence-electron chi connectivity index (χ1n) is 4.69. The van der Waals surface area contributed by atoms with E-state index in [1.54, 1.807) is 23.8 Å². The minimum Gasteiger partial charge on any atom is -0.373 e. The van der Waals surface area contributed by atoms with Gasteiger partial charge in [0.25, 0.3) is 0 Å². The number of nitrogens with one attached hydrogen (secondary N) is 2. The van der Waals surface area contributed by atoms with Crippen molar-refractivity contribution in [3.63, 3.8) is 0 Å². The number of ether oxygens (including phenoxy) is 1. The van der Waals surface area contributed by atoms with Crippen LogP contribution in [0.25, 0.3) is 0 Å². The van der Waals surface area contributed by atoms with Crippen LogP contribution in [0.5, 0.6) is 0 Å². The molecule has 1 heterocycles. The van der Waals surface area contributed by atoms with E-state index in [1.807, 2.05) is 13.8 Å². The molecule has 0 saturated carbocycles. The maximum absolute atomic E-state index is 8.57. The Balaban J connectivity index is 2.70. The number of nitrogens with zero attached hydrogens (tertiary/aromatic N) is 1. The zero-order valence-electron chi connectivity index (χ0n) is 8.82. The number of aromatic nitrogens is 1. The lowest BCUT2D eigenvalue weighted by molar-refractivity contribution is 0.0636. The number of rotatable bonds is 4. The fourth-order valence-corrected chi connectivity index (χ4v) is 1.03. The Labute approximate surface area is 88.6 Å². The zero-order chi connectivity index (χ0) is 11.3. The summed E-state index contributed by atoms with van der Waals surface area (Å²) < 4.78 is 5.38. The molecule has 0 aliphatic rings. The van der Waals surface area contributed by atoms with Crippen molar-refractivity contribution < 1.29 is 9.94 Å². The van der Waals surface area contributed by atoms with E-state index in [9.17, 15) is 0 Å². The monoisotopic (exact) mass is 209 g/mol. The predicted molar refractivity (Wildman–Crippen MR) is 55.9 cm³/mol. The Hall–Kier alpha value is -1.46. The summed E-state index contributed by atoms with van der Waals surface area (Å²) in [6, 6.07) is 3.35. The van der Waals surface area contributed by atoms with Crippen molar-refractivity contribution >= 4 is 5.84 Å². The van der Waals surface area contributed by atoms with Gasteiger partial charge in [0.2, 0.25) is 0 Å². The smallest absolute Gasteiger partial charge is 0.149 e. The minimum absolute atomic E-state index is 0.0526. The predicted octanol–water partition coefficient (Wildman–Crippen LogP) is 1.31. The molecule has 15 heavy (non-hydrogen) atoms. The molecule has 0 atom stereocenters. The van der Waals surface area contributed by atoms with Crippen LogP contribution in [0.3, 0.4) is 0 Å². The molecule has 0 bridgehead atoms. The Kier molecular flexibility index (Phi) is 4.20. The summed E-state index contributed by atoms with van der Waals surface area (Å²) >= 11 is 0. The van der Waals surface area contributed by atoms with Crippen LogP contribution in [-0.4, -0.2) is 22.1 Å². The molecule has 0 radical (unpaired) electrons. The molecule has 0 aliphatic carbocycles. The van der Waals surface area contributed by atoms with Crippen LogP contribution in [0, 0.1) is 5.41 Å². The highest BCUT2D eigenvalue weighted by molar-refractivity contribution is 5.95. The van der Waals surface area contributed by atoms with Crippen LogP contribution >= 0.6 is 0 Å². The number of hydroxylamine groups is 1. The third kappa shape index (κ3) is 3.65. The summed E-state index contributed by atoms with van der Waals surface area (Å²) in [6.07, 6.45) is 1.73. The summed E-state index contributed by atoms with van der Waals surface area (Å²) in [7, 11) is 0. The molecular weight excluding hydrogens is 194 g/mol.